The first-order chi connectivity index (χ1) is 10.0. The van der Waals surface area contributed by atoms with Crippen molar-refractivity contribution in [2.45, 2.75) is 24.8 Å². The molecule has 1 saturated heterocycles. The van der Waals surface area contributed by atoms with Crippen LogP contribution in [0.2, 0.25) is 0 Å². The molecule has 0 bridgehead atoms. The number of hydrogen-bond donors (Lipinski definition) is 2. The highest BCUT2D eigenvalue weighted by atomic mass is 32.2. The smallest absolute Gasteiger partial charge is 0.342 e. The van der Waals surface area contributed by atoms with Crippen molar-refractivity contribution in [2.75, 3.05) is 32.8 Å². The molecule has 1 fully saturated rings. The molecule has 0 unspecified atom stereocenters. The molecule has 2 rings (SSSR count). The molecule has 21 heavy (non-hydrogen) atoms. The minimum atomic E-state index is -3.80. The molecule has 0 radical (unpaired) electrons. The van der Waals surface area contributed by atoms with Crippen molar-refractivity contribution >= 4 is 16.0 Å². The van der Waals surface area contributed by atoms with Gasteiger partial charge in [0.2, 0.25) is 0 Å². The van der Waals surface area contributed by atoms with E-state index < -0.39 is 16.0 Å². The van der Waals surface area contributed by atoms with E-state index in [-0.39, 0.29) is 17.2 Å². The first-order valence-corrected chi connectivity index (χ1v) is 8.45. The zero-order valence-electron chi connectivity index (χ0n) is 12.0. The van der Waals surface area contributed by atoms with Gasteiger partial charge in [-0.1, -0.05) is 0 Å². The molecule has 0 saturated carbocycles. The van der Waals surface area contributed by atoms with Crippen LogP contribution in [-0.4, -0.2) is 62.3 Å². The van der Waals surface area contributed by atoms with Crippen LogP contribution in [0, 0.1) is 0 Å². The predicted molar refractivity (Wildman–Crippen MR) is 75.4 cm³/mol. The largest absolute Gasteiger partial charge is 0.462 e. The molecular weight excluding hydrogens is 296 g/mol. The molecule has 2 N–H and O–H groups in total. The average molecular weight is 316 g/mol. The van der Waals surface area contributed by atoms with Gasteiger partial charge in [0.1, 0.15) is 5.56 Å². The average Bonchev–Trinajstić information content (AvgIpc) is 3.10. The number of aromatic nitrogens is 2. The number of H-pyrrole nitrogens is 1. The Morgan fingerprint density at radius 1 is 1.48 bits per heavy atom. The number of carbonyl (C=O) groups is 1. The number of esters is 1. The minimum Gasteiger partial charge on any atom is -0.462 e. The van der Waals surface area contributed by atoms with Crippen LogP contribution in [0.3, 0.4) is 0 Å². The summed E-state index contributed by atoms with van der Waals surface area (Å²) in [5.74, 6) is -0.703. The summed E-state index contributed by atoms with van der Waals surface area (Å²) in [6, 6.07) is 0. The summed E-state index contributed by atoms with van der Waals surface area (Å²) in [5.41, 5.74) is -0.0782. The molecule has 1 aromatic rings. The van der Waals surface area contributed by atoms with Gasteiger partial charge in [0.15, 0.2) is 5.03 Å². The second-order valence-corrected chi connectivity index (χ2v) is 6.48. The number of nitrogens with zero attached hydrogens (tertiary/aromatic N) is 2. The molecule has 9 heteroatoms. The number of sulfonamides is 1. The Balaban J connectivity index is 1.98. The maximum Gasteiger partial charge on any atom is 0.342 e. The normalized spacial score (nSPS) is 16.2. The fourth-order valence-corrected chi connectivity index (χ4v) is 3.35. The van der Waals surface area contributed by atoms with Gasteiger partial charge in [0.05, 0.1) is 12.8 Å². The zero-order valence-corrected chi connectivity index (χ0v) is 12.8. The van der Waals surface area contributed by atoms with Gasteiger partial charge < -0.3 is 9.64 Å². The van der Waals surface area contributed by atoms with E-state index >= 15 is 0 Å². The highest BCUT2D eigenvalue weighted by Gasteiger charge is 2.25. The van der Waals surface area contributed by atoms with E-state index in [0.717, 1.165) is 32.1 Å². The monoisotopic (exact) mass is 316 g/mol. The second-order valence-electron chi connectivity index (χ2n) is 4.78. The van der Waals surface area contributed by atoms with Crippen LogP contribution in [0.4, 0.5) is 0 Å². The maximum atomic E-state index is 12.2. The van der Waals surface area contributed by atoms with Crippen molar-refractivity contribution in [2.24, 2.45) is 0 Å². The van der Waals surface area contributed by atoms with E-state index in [9.17, 15) is 13.2 Å². The van der Waals surface area contributed by atoms with Gasteiger partial charge in [-0.2, -0.15) is 5.10 Å². The lowest BCUT2D eigenvalue weighted by Crippen LogP contribution is -2.34. The molecule has 8 nitrogen and oxygen atoms in total. The van der Waals surface area contributed by atoms with Crippen LogP contribution in [0.15, 0.2) is 11.2 Å². The summed E-state index contributed by atoms with van der Waals surface area (Å²) >= 11 is 0. The minimum absolute atomic E-state index is 0.0782. The number of nitrogens with one attached hydrogen (secondary N) is 2. The van der Waals surface area contributed by atoms with Crippen LogP contribution in [-0.2, 0) is 14.8 Å². The Bertz CT molecular complexity index is 578. The Hall–Kier alpha value is -1.45. The van der Waals surface area contributed by atoms with Crippen LogP contribution in [0.1, 0.15) is 30.1 Å². The van der Waals surface area contributed by atoms with E-state index in [1.54, 1.807) is 6.92 Å². The molecule has 0 atom stereocenters. The number of likely N-dealkylation sites (tertiary alicyclic amines) is 1. The number of hydrogen-bond acceptors (Lipinski definition) is 6. The van der Waals surface area contributed by atoms with E-state index in [1.165, 1.54) is 0 Å². The molecule has 0 aromatic carbocycles. The Morgan fingerprint density at radius 2 is 2.19 bits per heavy atom. The second kappa shape index (κ2) is 7.01. The Labute approximate surface area is 123 Å². The molecule has 0 amide bonds. The van der Waals surface area contributed by atoms with Crippen molar-refractivity contribution in [3.8, 4) is 0 Å². The summed E-state index contributed by atoms with van der Waals surface area (Å²) in [7, 11) is -3.80. The molecule has 0 aliphatic carbocycles. The quantitative estimate of drug-likeness (QED) is 0.684. The van der Waals surface area contributed by atoms with Gasteiger partial charge in [0.25, 0.3) is 10.0 Å². The van der Waals surface area contributed by atoms with Crippen molar-refractivity contribution in [3.05, 3.63) is 11.8 Å². The fourth-order valence-electron chi connectivity index (χ4n) is 2.25. The van der Waals surface area contributed by atoms with Crippen LogP contribution >= 0.6 is 0 Å². The molecule has 1 aromatic heterocycles. The highest BCUT2D eigenvalue weighted by Crippen LogP contribution is 2.13. The van der Waals surface area contributed by atoms with Gasteiger partial charge in [-0.05, 0) is 32.9 Å². The zero-order chi connectivity index (χ0) is 15.3. The summed E-state index contributed by atoms with van der Waals surface area (Å²) < 4.78 is 31.7. The van der Waals surface area contributed by atoms with Gasteiger partial charge in [-0.25, -0.2) is 17.9 Å². The van der Waals surface area contributed by atoms with Crippen molar-refractivity contribution in [1.82, 2.24) is 19.8 Å². The SMILES string of the molecule is CCOC(=O)c1cn[nH]c1S(=O)(=O)NCCN1CCCC1. The third-order valence-corrected chi connectivity index (χ3v) is 4.72. The third kappa shape index (κ3) is 4.02. The highest BCUT2D eigenvalue weighted by molar-refractivity contribution is 7.89. The van der Waals surface area contributed by atoms with Crippen molar-refractivity contribution < 1.29 is 17.9 Å². The van der Waals surface area contributed by atoms with Gasteiger partial charge in [-0.3, -0.25) is 5.10 Å². The fraction of sp³-hybridized carbons (Fsp3) is 0.667. The third-order valence-electron chi connectivity index (χ3n) is 3.29. The first-order valence-electron chi connectivity index (χ1n) is 6.97. The molecule has 1 aliphatic heterocycles. The van der Waals surface area contributed by atoms with Gasteiger partial charge in [-0.15, -0.1) is 0 Å². The van der Waals surface area contributed by atoms with E-state index in [1.807, 2.05) is 0 Å². The summed E-state index contributed by atoms with van der Waals surface area (Å²) in [6.07, 6.45) is 3.47. The maximum absolute atomic E-state index is 12.2. The predicted octanol–water partition coefficient (Wildman–Crippen LogP) is -0.0395. The topological polar surface area (TPSA) is 104 Å². The number of ether oxygens (including phenoxy) is 1. The summed E-state index contributed by atoms with van der Waals surface area (Å²) in [4.78, 5) is 13.9. The lowest BCUT2D eigenvalue weighted by Gasteiger charge is -2.14. The molecule has 2 heterocycles. The Morgan fingerprint density at radius 3 is 2.86 bits per heavy atom. The first kappa shape index (κ1) is 15.9. The van der Waals surface area contributed by atoms with Crippen LogP contribution in [0.5, 0.6) is 0 Å². The molecule has 1 aliphatic rings. The lowest BCUT2D eigenvalue weighted by atomic mass is 10.4. The van der Waals surface area contributed by atoms with E-state index in [4.69, 9.17) is 4.74 Å². The number of aromatic amines is 1. The van der Waals surface area contributed by atoms with E-state index in [2.05, 4.69) is 19.8 Å². The van der Waals surface area contributed by atoms with Crippen LogP contribution < -0.4 is 4.72 Å². The van der Waals surface area contributed by atoms with Crippen LogP contribution in [0.25, 0.3) is 0 Å². The van der Waals surface area contributed by atoms with Gasteiger partial charge >= 0.3 is 5.97 Å². The lowest BCUT2D eigenvalue weighted by molar-refractivity contribution is 0.0522. The molecular formula is C12H20N4O4S. The van der Waals surface area contributed by atoms with Crippen molar-refractivity contribution in [3.63, 3.8) is 0 Å². The van der Waals surface area contributed by atoms with E-state index in [0.29, 0.717) is 13.1 Å². The summed E-state index contributed by atoms with van der Waals surface area (Å²) in [5, 5.41) is 5.72. The van der Waals surface area contributed by atoms with Gasteiger partial charge in [0, 0.05) is 13.1 Å². The number of carbonyl (C=O) groups excluding carboxylic acids is 1. The molecule has 118 valence electrons. The van der Waals surface area contributed by atoms with Crippen molar-refractivity contribution in [1.29, 1.82) is 0 Å². The Kier molecular flexibility index (Phi) is 5.32. The summed E-state index contributed by atoms with van der Waals surface area (Å²) in [6.45, 7) is 4.78. The standard InChI is InChI=1S/C12H20N4O4S/c1-2-20-12(17)10-9-13-15-11(10)21(18,19)14-5-8-16-6-3-4-7-16/h9,14H,2-8H2,1H3,(H,13,15). The number of rotatable bonds is 7. The molecule has 0 spiro atoms.